The van der Waals surface area contributed by atoms with Gasteiger partial charge in [0.1, 0.15) is 5.82 Å². The Hall–Kier alpha value is -1.73. The molecule has 0 saturated heterocycles. The average Bonchev–Trinajstić information content (AvgIpc) is 2.67. The van der Waals surface area contributed by atoms with Crippen molar-refractivity contribution >= 4 is 29.2 Å². The summed E-state index contributed by atoms with van der Waals surface area (Å²) in [5.41, 5.74) is 0.224. The second-order valence-corrected chi connectivity index (χ2v) is 5.36. The number of H-pyrrole nitrogens is 2. The lowest BCUT2D eigenvalue weighted by Crippen LogP contribution is -2.46. The first kappa shape index (κ1) is 13.7. The lowest BCUT2D eigenvalue weighted by molar-refractivity contribution is 0.0870. The zero-order valence-electron chi connectivity index (χ0n) is 10.5. The number of hydrogen-bond acceptors (Lipinski definition) is 3. The highest BCUT2D eigenvalue weighted by Gasteiger charge is 2.22. The van der Waals surface area contributed by atoms with Gasteiger partial charge in [0.15, 0.2) is 4.77 Å². The van der Waals surface area contributed by atoms with Crippen LogP contribution >= 0.6 is 12.2 Å². The molecule has 0 atom stereocenters. The van der Waals surface area contributed by atoms with Crippen LogP contribution in [0.1, 0.15) is 24.2 Å². The number of nitrogens with one attached hydrogen (secondary N) is 3. The molecule has 5 nitrogen and oxygen atoms in total. The van der Waals surface area contributed by atoms with Crippen molar-refractivity contribution in [2.75, 3.05) is 6.61 Å². The van der Waals surface area contributed by atoms with E-state index in [0.29, 0.717) is 15.8 Å². The number of aliphatic hydroxyl groups is 1. The first-order valence-corrected chi connectivity index (χ1v) is 6.08. The first-order valence-electron chi connectivity index (χ1n) is 5.67. The SMILES string of the molecule is CC(C)(CO)NC(=O)c1cc(F)cc2[nH]c(=S)[nH]c12. The number of carbonyl (C=O) groups is 1. The number of fused-ring (bicyclic) bond motifs is 1. The van der Waals surface area contributed by atoms with E-state index in [4.69, 9.17) is 17.3 Å². The predicted octanol–water partition coefficient (Wildman–Crippen LogP) is 1.87. The largest absolute Gasteiger partial charge is 0.394 e. The Morgan fingerprint density at radius 1 is 1.47 bits per heavy atom. The van der Waals surface area contributed by atoms with Gasteiger partial charge in [-0.1, -0.05) is 0 Å². The summed E-state index contributed by atoms with van der Waals surface area (Å²) in [6, 6.07) is 2.39. The molecule has 102 valence electrons. The highest BCUT2D eigenvalue weighted by Crippen LogP contribution is 2.18. The van der Waals surface area contributed by atoms with E-state index in [2.05, 4.69) is 15.3 Å². The Kier molecular flexibility index (Phi) is 3.42. The number of aromatic amines is 2. The third-order valence-electron chi connectivity index (χ3n) is 2.68. The minimum atomic E-state index is -0.789. The van der Waals surface area contributed by atoms with Crippen LogP contribution in [0, 0.1) is 10.6 Å². The van der Waals surface area contributed by atoms with Gasteiger partial charge in [-0.25, -0.2) is 4.39 Å². The molecule has 0 aliphatic carbocycles. The van der Waals surface area contributed by atoms with E-state index >= 15 is 0 Å². The number of aromatic nitrogens is 2. The fourth-order valence-corrected chi connectivity index (χ4v) is 1.91. The molecular formula is C12H14FN3O2S. The number of hydrogen-bond donors (Lipinski definition) is 4. The molecular weight excluding hydrogens is 269 g/mol. The fraction of sp³-hybridized carbons (Fsp3) is 0.333. The lowest BCUT2D eigenvalue weighted by atomic mass is 10.1. The molecule has 0 spiro atoms. The number of benzene rings is 1. The molecule has 1 heterocycles. The molecule has 0 fully saturated rings. The number of aliphatic hydroxyl groups excluding tert-OH is 1. The van der Waals surface area contributed by atoms with Gasteiger partial charge in [0.25, 0.3) is 5.91 Å². The van der Waals surface area contributed by atoms with Crippen LogP contribution in [0.3, 0.4) is 0 Å². The standard InChI is InChI=1S/C12H14FN3O2S/c1-12(2,5-17)16-10(18)7-3-6(13)4-8-9(7)15-11(19)14-8/h3-4,17H,5H2,1-2H3,(H,16,18)(H2,14,15,19). The van der Waals surface area contributed by atoms with Crippen molar-refractivity contribution in [1.82, 2.24) is 15.3 Å². The van der Waals surface area contributed by atoms with Crippen molar-refractivity contribution in [2.24, 2.45) is 0 Å². The van der Waals surface area contributed by atoms with Gasteiger partial charge in [-0.2, -0.15) is 0 Å². The van der Waals surface area contributed by atoms with E-state index in [9.17, 15) is 9.18 Å². The molecule has 2 rings (SSSR count). The summed E-state index contributed by atoms with van der Waals surface area (Å²) < 4.78 is 13.8. The molecule has 0 radical (unpaired) electrons. The molecule has 2 aromatic rings. The summed E-state index contributed by atoms with van der Waals surface area (Å²) in [6.07, 6.45) is 0. The van der Waals surface area contributed by atoms with Crippen molar-refractivity contribution in [3.05, 3.63) is 28.3 Å². The summed E-state index contributed by atoms with van der Waals surface area (Å²) in [6.45, 7) is 3.11. The van der Waals surface area contributed by atoms with Crippen LogP contribution in [0.15, 0.2) is 12.1 Å². The van der Waals surface area contributed by atoms with Crippen molar-refractivity contribution < 1.29 is 14.3 Å². The number of amides is 1. The average molecular weight is 283 g/mol. The molecule has 0 unspecified atom stereocenters. The molecule has 0 saturated carbocycles. The van der Waals surface area contributed by atoms with Gasteiger partial charge in [0.2, 0.25) is 0 Å². The summed E-state index contributed by atoms with van der Waals surface area (Å²) in [7, 11) is 0. The lowest BCUT2D eigenvalue weighted by Gasteiger charge is -2.23. The van der Waals surface area contributed by atoms with Crippen LogP contribution in [-0.2, 0) is 0 Å². The maximum Gasteiger partial charge on any atom is 0.254 e. The van der Waals surface area contributed by atoms with E-state index in [1.807, 2.05) is 0 Å². The summed E-state index contributed by atoms with van der Waals surface area (Å²) >= 11 is 4.93. The summed E-state index contributed by atoms with van der Waals surface area (Å²) in [4.78, 5) is 17.7. The van der Waals surface area contributed by atoms with Crippen LogP contribution in [0.25, 0.3) is 11.0 Å². The third kappa shape index (κ3) is 2.82. The fourth-order valence-electron chi connectivity index (χ4n) is 1.70. The van der Waals surface area contributed by atoms with E-state index in [0.717, 1.165) is 6.07 Å². The van der Waals surface area contributed by atoms with Crippen LogP contribution in [0.2, 0.25) is 0 Å². The van der Waals surface area contributed by atoms with Crippen molar-refractivity contribution in [1.29, 1.82) is 0 Å². The predicted molar refractivity (Wildman–Crippen MR) is 72.1 cm³/mol. The summed E-state index contributed by atoms with van der Waals surface area (Å²) in [5.74, 6) is -1.02. The molecule has 0 aliphatic rings. The molecule has 7 heteroatoms. The maximum absolute atomic E-state index is 13.5. The van der Waals surface area contributed by atoms with Gasteiger partial charge < -0.3 is 20.4 Å². The van der Waals surface area contributed by atoms with Gasteiger partial charge in [-0.3, -0.25) is 4.79 Å². The summed E-state index contributed by atoms with van der Waals surface area (Å²) in [5, 5.41) is 11.8. The highest BCUT2D eigenvalue weighted by atomic mass is 32.1. The smallest absolute Gasteiger partial charge is 0.254 e. The Morgan fingerprint density at radius 2 is 2.16 bits per heavy atom. The van der Waals surface area contributed by atoms with Crippen LogP contribution in [-0.4, -0.2) is 33.1 Å². The zero-order chi connectivity index (χ0) is 14.2. The molecule has 1 aromatic carbocycles. The quantitative estimate of drug-likeness (QED) is 0.649. The Balaban J connectivity index is 2.50. The minimum absolute atomic E-state index is 0.142. The molecule has 0 aliphatic heterocycles. The third-order valence-corrected chi connectivity index (χ3v) is 2.89. The van der Waals surface area contributed by atoms with E-state index in [-0.39, 0.29) is 12.2 Å². The van der Waals surface area contributed by atoms with Gasteiger partial charge >= 0.3 is 0 Å². The molecule has 19 heavy (non-hydrogen) atoms. The van der Waals surface area contributed by atoms with Crippen molar-refractivity contribution in [3.8, 4) is 0 Å². The second-order valence-electron chi connectivity index (χ2n) is 4.95. The number of imidazole rings is 1. The molecule has 1 aromatic heterocycles. The first-order chi connectivity index (χ1) is 8.82. The number of carbonyl (C=O) groups excluding carboxylic acids is 1. The number of rotatable bonds is 3. The molecule has 4 N–H and O–H groups in total. The zero-order valence-corrected chi connectivity index (χ0v) is 11.3. The van der Waals surface area contributed by atoms with E-state index in [1.54, 1.807) is 13.8 Å². The van der Waals surface area contributed by atoms with Gasteiger partial charge in [-0.15, -0.1) is 0 Å². The second kappa shape index (κ2) is 4.75. The Labute approximate surface area is 113 Å². The van der Waals surface area contributed by atoms with E-state index < -0.39 is 17.3 Å². The van der Waals surface area contributed by atoms with Crippen LogP contribution in [0.4, 0.5) is 4.39 Å². The Morgan fingerprint density at radius 3 is 2.79 bits per heavy atom. The molecule has 1 amide bonds. The topological polar surface area (TPSA) is 80.9 Å². The van der Waals surface area contributed by atoms with E-state index in [1.165, 1.54) is 6.07 Å². The Bertz CT molecular complexity index is 690. The van der Waals surface area contributed by atoms with Crippen LogP contribution in [0.5, 0.6) is 0 Å². The minimum Gasteiger partial charge on any atom is -0.394 e. The highest BCUT2D eigenvalue weighted by molar-refractivity contribution is 7.71. The maximum atomic E-state index is 13.5. The normalized spacial score (nSPS) is 11.8. The van der Waals surface area contributed by atoms with Crippen molar-refractivity contribution in [3.63, 3.8) is 0 Å². The van der Waals surface area contributed by atoms with Gasteiger partial charge in [0.05, 0.1) is 28.7 Å². The van der Waals surface area contributed by atoms with Gasteiger partial charge in [0, 0.05) is 0 Å². The number of halogens is 1. The molecule has 0 bridgehead atoms. The van der Waals surface area contributed by atoms with Gasteiger partial charge in [-0.05, 0) is 38.2 Å². The van der Waals surface area contributed by atoms with Crippen molar-refractivity contribution in [2.45, 2.75) is 19.4 Å². The monoisotopic (exact) mass is 283 g/mol. The van der Waals surface area contributed by atoms with Crippen LogP contribution < -0.4 is 5.32 Å².